The molecule has 0 bridgehead atoms. The zero-order valence-corrected chi connectivity index (χ0v) is 6.86. The molecule has 2 rings (SSSR count). The van der Waals surface area contributed by atoms with Gasteiger partial charge in [0.15, 0.2) is 5.43 Å². The SMILES string of the molecule is NCc1cn(C2CC2)ccc1=O. The Hall–Kier alpha value is -1.09. The second-order valence-electron chi connectivity index (χ2n) is 3.22. The molecule has 1 aromatic rings. The summed E-state index contributed by atoms with van der Waals surface area (Å²) in [5.74, 6) is 0. The molecule has 0 unspecified atom stereocenters. The van der Waals surface area contributed by atoms with Crippen LogP contribution in [-0.4, -0.2) is 4.57 Å². The predicted octanol–water partition coefficient (Wildman–Crippen LogP) is 0.642. The number of nitrogens with zero attached hydrogens (tertiary/aromatic N) is 1. The highest BCUT2D eigenvalue weighted by atomic mass is 16.1. The first kappa shape index (κ1) is 7.55. The van der Waals surface area contributed by atoms with E-state index in [1.807, 2.05) is 12.4 Å². The van der Waals surface area contributed by atoms with Crippen LogP contribution < -0.4 is 11.2 Å². The second-order valence-corrected chi connectivity index (χ2v) is 3.22. The Kier molecular flexibility index (Phi) is 1.73. The zero-order valence-electron chi connectivity index (χ0n) is 6.86. The monoisotopic (exact) mass is 164 g/mol. The molecule has 1 fully saturated rings. The average molecular weight is 164 g/mol. The third-order valence-corrected chi connectivity index (χ3v) is 2.21. The van der Waals surface area contributed by atoms with E-state index in [0.717, 1.165) is 0 Å². The van der Waals surface area contributed by atoms with Crippen molar-refractivity contribution < 1.29 is 0 Å². The van der Waals surface area contributed by atoms with E-state index >= 15 is 0 Å². The zero-order chi connectivity index (χ0) is 8.55. The minimum Gasteiger partial charge on any atom is -0.351 e. The minimum atomic E-state index is 0.0504. The molecule has 0 atom stereocenters. The van der Waals surface area contributed by atoms with Gasteiger partial charge in [-0.05, 0) is 12.8 Å². The van der Waals surface area contributed by atoms with E-state index in [1.165, 1.54) is 12.8 Å². The molecule has 0 aliphatic heterocycles. The highest BCUT2D eigenvalue weighted by Gasteiger charge is 2.22. The lowest BCUT2D eigenvalue weighted by Gasteiger charge is -2.04. The van der Waals surface area contributed by atoms with Crippen LogP contribution >= 0.6 is 0 Å². The molecule has 0 radical (unpaired) electrons. The third kappa shape index (κ3) is 1.28. The Bertz CT molecular complexity index is 339. The average Bonchev–Trinajstić information content (AvgIpc) is 2.88. The van der Waals surface area contributed by atoms with Crippen molar-refractivity contribution in [1.29, 1.82) is 0 Å². The summed E-state index contributed by atoms with van der Waals surface area (Å²) < 4.78 is 2.09. The van der Waals surface area contributed by atoms with Crippen molar-refractivity contribution in [3.05, 3.63) is 34.2 Å². The lowest BCUT2D eigenvalue weighted by atomic mass is 10.3. The van der Waals surface area contributed by atoms with Crippen LogP contribution in [0.3, 0.4) is 0 Å². The molecule has 1 aliphatic rings. The number of hydrogen-bond acceptors (Lipinski definition) is 2. The van der Waals surface area contributed by atoms with Gasteiger partial charge < -0.3 is 10.3 Å². The quantitative estimate of drug-likeness (QED) is 0.697. The van der Waals surface area contributed by atoms with Crippen LogP contribution in [-0.2, 0) is 6.54 Å². The summed E-state index contributed by atoms with van der Waals surface area (Å²) in [6.07, 6.45) is 6.18. The molecule has 1 heterocycles. The van der Waals surface area contributed by atoms with Crippen molar-refractivity contribution in [2.75, 3.05) is 0 Å². The van der Waals surface area contributed by atoms with Gasteiger partial charge in [-0.1, -0.05) is 0 Å². The molecular formula is C9H12N2O. The smallest absolute Gasteiger partial charge is 0.186 e. The molecule has 3 heteroatoms. The van der Waals surface area contributed by atoms with Gasteiger partial charge in [-0.15, -0.1) is 0 Å². The van der Waals surface area contributed by atoms with E-state index < -0.39 is 0 Å². The predicted molar refractivity (Wildman–Crippen MR) is 46.9 cm³/mol. The van der Waals surface area contributed by atoms with Gasteiger partial charge in [0.2, 0.25) is 0 Å². The van der Waals surface area contributed by atoms with E-state index in [-0.39, 0.29) is 5.43 Å². The van der Waals surface area contributed by atoms with Gasteiger partial charge in [-0.3, -0.25) is 4.79 Å². The van der Waals surface area contributed by atoms with E-state index in [1.54, 1.807) is 6.07 Å². The lowest BCUT2D eigenvalue weighted by Crippen LogP contribution is -2.14. The number of rotatable bonds is 2. The fourth-order valence-electron chi connectivity index (χ4n) is 1.30. The molecule has 3 nitrogen and oxygen atoms in total. The van der Waals surface area contributed by atoms with Gasteiger partial charge in [0.1, 0.15) is 0 Å². The lowest BCUT2D eigenvalue weighted by molar-refractivity contribution is 0.723. The van der Waals surface area contributed by atoms with E-state index in [9.17, 15) is 4.79 Å². The van der Waals surface area contributed by atoms with Gasteiger partial charge in [0.25, 0.3) is 0 Å². The molecule has 1 aliphatic carbocycles. The molecule has 12 heavy (non-hydrogen) atoms. The van der Waals surface area contributed by atoms with Crippen LogP contribution in [0, 0.1) is 0 Å². The van der Waals surface area contributed by atoms with Gasteiger partial charge in [0, 0.05) is 36.6 Å². The Labute approximate surface area is 70.8 Å². The molecular weight excluding hydrogens is 152 g/mol. The number of hydrogen-bond donors (Lipinski definition) is 1. The molecule has 64 valence electrons. The fourth-order valence-corrected chi connectivity index (χ4v) is 1.30. The number of aromatic nitrogens is 1. The van der Waals surface area contributed by atoms with E-state index in [4.69, 9.17) is 5.73 Å². The maximum absolute atomic E-state index is 11.2. The summed E-state index contributed by atoms with van der Waals surface area (Å²) in [7, 11) is 0. The first-order chi connectivity index (χ1) is 5.81. The third-order valence-electron chi connectivity index (χ3n) is 2.21. The Morgan fingerprint density at radius 3 is 2.92 bits per heavy atom. The summed E-state index contributed by atoms with van der Waals surface area (Å²) in [5.41, 5.74) is 6.19. The van der Waals surface area contributed by atoms with Crippen molar-refractivity contribution in [3.63, 3.8) is 0 Å². The summed E-state index contributed by atoms with van der Waals surface area (Å²) in [6, 6.07) is 2.22. The van der Waals surface area contributed by atoms with Gasteiger partial charge in [-0.2, -0.15) is 0 Å². The van der Waals surface area contributed by atoms with Crippen LogP contribution in [0.1, 0.15) is 24.4 Å². The second kappa shape index (κ2) is 2.75. The number of nitrogens with two attached hydrogens (primary N) is 1. The van der Waals surface area contributed by atoms with Crippen molar-refractivity contribution in [2.24, 2.45) is 5.73 Å². The van der Waals surface area contributed by atoms with Gasteiger partial charge in [-0.25, -0.2) is 0 Å². The van der Waals surface area contributed by atoms with Crippen LogP contribution in [0.4, 0.5) is 0 Å². The first-order valence-corrected chi connectivity index (χ1v) is 4.22. The van der Waals surface area contributed by atoms with Gasteiger partial charge in [0.05, 0.1) is 0 Å². The molecule has 2 N–H and O–H groups in total. The topological polar surface area (TPSA) is 48.0 Å². The highest BCUT2D eigenvalue weighted by molar-refractivity contribution is 5.11. The van der Waals surface area contributed by atoms with Crippen molar-refractivity contribution in [1.82, 2.24) is 4.57 Å². The first-order valence-electron chi connectivity index (χ1n) is 4.22. The normalized spacial score (nSPS) is 16.4. The van der Waals surface area contributed by atoms with Crippen LogP contribution in [0.2, 0.25) is 0 Å². The molecule has 0 saturated heterocycles. The fraction of sp³-hybridized carbons (Fsp3) is 0.444. The van der Waals surface area contributed by atoms with E-state index in [2.05, 4.69) is 4.57 Å². The molecule has 0 amide bonds. The molecule has 1 aromatic heterocycles. The summed E-state index contributed by atoms with van der Waals surface area (Å²) in [5, 5.41) is 0. The maximum atomic E-state index is 11.2. The minimum absolute atomic E-state index is 0.0504. The van der Waals surface area contributed by atoms with Crippen LogP contribution in [0.15, 0.2) is 23.3 Å². The van der Waals surface area contributed by atoms with Crippen molar-refractivity contribution in [2.45, 2.75) is 25.4 Å². The van der Waals surface area contributed by atoms with Crippen molar-refractivity contribution >= 4 is 0 Å². The van der Waals surface area contributed by atoms with Crippen LogP contribution in [0.5, 0.6) is 0 Å². The molecule has 0 aromatic carbocycles. The summed E-state index contributed by atoms with van der Waals surface area (Å²) >= 11 is 0. The maximum Gasteiger partial charge on any atom is 0.186 e. The Balaban J connectivity index is 2.40. The standard InChI is InChI=1S/C9H12N2O/c10-5-7-6-11(8-1-2-8)4-3-9(7)12/h3-4,6,8H,1-2,5,10H2. The molecule has 1 saturated carbocycles. The van der Waals surface area contributed by atoms with Crippen LogP contribution in [0.25, 0.3) is 0 Å². The Morgan fingerprint density at radius 1 is 1.58 bits per heavy atom. The number of pyridine rings is 1. The Morgan fingerprint density at radius 2 is 2.33 bits per heavy atom. The molecule has 0 spiro atoms. The van der Waals surface area contributed by atoms with E-state index in [0.29, 0.717) is 18.2 Å². The van der Waals surface area contributed by atoms with Crippen molar-refractivity contribution in [3.8, 4) is 0 Å². The highest BCUT2D eigenvalue weighted by Crippen LogP contribution is 2.34. The largest absolute Gasteiger partial charge is 0.351 e. The van der Waals surface area contributed by atoms with Gasteiger partial charge >= 0.3 is 0 Å². The summed E-state index contributed by atoms with van der Waals surface area (Å²) in [4.78, 5) is 11.2. The summed E-state index contributed by atoms with van der Waals surface area (Å²) in [6.45, 7) is 0.340.